The minimum atomic E-state index is 0.561. The number of likely N-dealkylation sites (tertiary alicyclic amines) is 1. The summed E-state index contributed by atoms with van der Waals surface area (Å²) >= 11 is 0. The van der Waals surface area contributed by atoms with E-state index in [1.165, 1.54) is 19.4 Å². The molecule has 4 nitrogen and oxygen atoms in total. The average Bonchev–Trinajstić information content (AvgIpc) is 2.89. The van der Waals surface area contributed by atoms with Crippen molar-refractivity contribution in [1.82, 2.24) is 4.90 Å². The molecule has 1 aliphatic rings. The summed E-state index contributed by atoms with van der Waals surface area (Å²) in [6.45, 7) is 4.04. The fraction of sp³-hybridized carbons (Fsp3) is 0.562. The SMILES string of the molecule is COc1cccc(OC)c1C(C)=NCC1CCCN1C. The Kier molecular flexibility index (Phi) is 5.01. The largest absolute Gasteiger partial charge is 0.496 e. The number of rotatable bonds is 5. The highest BCUT2D eigenvalue weighted by atomic mass is 16.5. The summed E-state index contributed by atoms with van der Waals surface area (Å²) in [6.07, 6.45) is 2.50. The molecule has 0 radical (unpaired) electrons. The summed E-state index contributed by atoms with van der Waals surface area (Å²) in [5, 5.41) is 0. The minimum absolute atomic E-state index is 0.561. The number of nitrogens with zero attached hydrogens (tertiary/aromatic N) is 2. The molecule has 1 unspecified atom stereocenters. The molecule has 0 aliphatic carbocycles. The van der Waals surface area contributed by atoms with E-state index in [1.807, 2.05) is 25.1 Å². The summed E-state index contributed by atoms with van der Waals surface area (Å²) in [5.41, 5.74) is 1.93. The smallest absolute Gasteiger partial charge is 0.131 e. The Morgan fingerprint density at radius 1 is 1.30 bits per heavy atom. The van der Waals surface area contributed by atoms with E-state index in [1.54, 1.807) is 14.2 Å². The summed E-state index contributed by atoms with van der Waals surface area (Å²) in [5.74, 6) is 1.62. The Morgan fingerprint density at radius 3 is 2.45 bits per heavy atom. The van der Waals surface area contributed by atoms with Gasteiger partial charge in [0.2, 0.25) is 0 Å². The van der Waals surface area contributed by atoms with Crippen LogP contribution in [-0.4, -0.2) is 51.0 Å². The lowest BCUT2D eigenvalue weighted by molar-refractivity contribution is 0.317. The van der Waals surface area contributed by atoms with Gasteiger partial charge in [0.15, 0.2) is 0 Å². The molecule has 0 spiro atoms. The number of ether oxygens (including phenoxy) is 2. The monoisotopic (exact) mass is 276 g/mol. The van der Waals surface area contributed by atoms with Crippen LogP contribution in [-0.2, 0) is 0 Å². The molecule has 0 saturated carbocycles. The van der Waals surface area contributed by atoms with E-state index in [0.29, 0.717) is 6.04 Å². The molecule has 0 aromatic heterocycles. The first-order chi connectivity index (χ1) is 9.67. The zero-order chi connectivity index (χ0) is 14.5. The molecule has 4 heteroatoms. The van der Waals surface area contributed by atoms with Crippen molar-refractivity contribution in [2.45, 2.75) is 25.8 Å². The van der Waals surface area contributed by atoms with Gasteiger partial charge in [-0.2, -0.15) is 0 Å². The molecule has 1 heterocycles. The van der Waals surface area contributed by atoms with Crippen molar-refractivity contribution in [2.75, 3.05) is 34.4 Å². The molecule has 1 aromatic carbocycles. The second kappa shape index (κ2) is 6.75. The molecule has 0 N–H and O–H groups in total. The normalized spacial score (nSPS) is 20.2. The lowest BCUT2D eigenvalue weighted by atomic mass is 10.1. The number of methoxy groups -OCH3 is 2. The van der Waals surface area contributed by atoms with E-state index in [2.05, 4.69) is 11.9 Å². The molecular weight excluding hydrogens is 252 g/mol. The van der Waals surface area contributed by atoms with Crippen molar-refractivity contribution in [3.05, 3.63) is 23.8 Å². The molecule has 0 bridgehead atoms. The highest BCUT2D eigenvalue weighted by Crippen LogP contribution is 2.29. The summed E-state index contributed by atoms with van der Waals surface area (Å²) < 4.78 is 10.9. The van der Waals surface area contributed by atoms with E-state index in [4.69, 9.17) is 14.5 Å². The topological polar surface area (TPSA) is 34.1 Å². The van der Waals surface area contributed by atoms with E-state index in [9.17, 15) is 0 Å². The Bertz CT molecular complexity index is 463. The Hall–Kier alpha value is -1.55. The number of benzene rings is 1. The number of aliphatic imine (C=N–C) groups is 1. The molecule has 2 rings (SSSR count). The van der Waals surface area contributed by atoms with Gasteiger partial charge in [-0.15, -0.1) is 0 Å². The maximum atomic E-state index is 5.43. The molecule has 1 atom stereocenters. The van der Waals surface area contributed by atoms with Gasteiger partial charge in [0.25, 0.3) is 0 Å². The minimum Gasteiger partial charge on any atom is -0.496 e. The fourth-order valence-corrected chi connectivity index (χ4v) is 2.74. The van der Waals surface area contributed by atoms with Crippen LogP contribution in [0, 0.1) is 0 Å². The summed E-state index contributed by atoms with van der Waals surface area (Å²) in [7, 11) is 5.53. The van der Waals surface area contributed by atoms with Gasteiger partial charge in [-0.1, -0.05) is 6.07 Å². The Balaban J connectivity index is 2.21. The first kappa shape index (κ1) is 14.9. The highest BCUT2D eigenvalue weighted by Gasteiger charge is 2.20. The van der Waals surface area contributed by atoms with E-state index in [-0.39, 0.29) is 0 Å². The van der Waals surface area contributed by atoms with Gasteiger partial charge >= 0.3 is 0 Å². The van der Waals surface area contributed by atoms with Crippen LogP contribution < -0.4 is 9.47 Å². The summed E-state index contributed by atoms with van der Waals surface area (Å²) in [4.78, 5) is 7.14. The second-order valence-electron chi connectivity index (χ2n) is 5.24. The van der Waals surface area contributed by atoms with Gasteiger partial charge in [0, 0.05) is 11.8 Å². The first-order valence-electron chi connectivity index (χ1n) is 7.10. The maximum Gasteiger partial charge on any atom is 0.131 e. The van der Waals surface area contributed by atoms with Gasteiger partial charge in [0.05, 0.1) is 26.3 Å². The van der Waals surface area contributed by atoms with Crippen LogP contribution in [0.1, 0.15) is 25.3 Å². The van der Waals surface area contributed by atoms with E-state index >= 15 is 0 Å². The molecule has 110 valence electrons. The Morgan fingerprint density at radius 2 is 1.95 bits per heavy atom. The van der Waals surface area contributed by atoms with Crippen LogP contribution >= 0.6 is 0 Å². The molecular formula is C16H24N2O2. The third-order valence-electron chi connectivity index (χ3n) is 4.00. The van der Waals surface area contributed by atoms with Gasteiger partial charge in [-0.25, -0.2) is 0 Å². The van der Waals surface area contributed by atoms with Crippen molar-refractivity contribution in [3.63, 3.8) is 0 Å². The van der Waals surface area contributed by atoms with E-state index in [0.717, 1.165) is 29.3 Å². The van der Waals surface area contributed by atoms with Crippen molar-refractivity contribution in [1.29, 1.82) is 0 Å². The summed E-state index contributed by atoms with van der Waals surface area (Å²) in [6, 6.07) is 6.38. The predicted molar refractivity (Wildman–Crippen MR) is 82.3 cm³/mol. The predicted octanol–water partition coefficient (Wildman–Crippen LogP) is 2.61. The lowest BCUT2D eigenvalue weighted by Crippen LogP contribution is -2.27. The lowest BCUT2D eigenvalue weighted by Gasteiger charge is -2.18. The molecule has 1 fully saturated rings. The fourth-order valence-electron chi connectivity index (χ4n) is 2.74. The van der Waals surface area contributed by atoms with Gasteiger partial charge < -0.3 is 14.4 Å². The Labute approximate surface area is 121 Å². The van der Waals surface area contributed by atoms with Crippen molar-refractivity contribution < 1.29 is 9.47 Å². The van der Waals surface area contributed by atoms with Gasteiger partial charge in [-0.05, 0) is 45.5 Å². The molecule has 20 heavy (non-hydrogen) atoms. The quantitative estimate of drug-likeness (QED) is 0.775. The van der Waals surface area contributed by atoms with Crippen LogP contribution in [0.2, 0.25) is 0 Å². The van der Waals surface area contributed by atoms with Crippen molar-refractivity contribution >= 4 is 5.71 Å². The number of hydrogen-bond acceptors (Lipinski definition) is 4. The number of hydrogen-bond donors (Lipinski definition) is 0. The third kappa shape index (κ3) is 3.12. The third-order valence-corrected chi connectivity index (χ3v) is 4.00. The standard InChI is InChI=1S/C16H24N2O2/c1-12(17-11-13-7-6-10-18(13)2)16-14(19-3)8-5-9-15(16)20-4/h5,8-9,13H,6-7,10-11H2,1-4H3. The van der Waals surface area contributed by atoms with Crippen LogP contribution in [0.3, 0.4) is 0 Å². The molecule has 1 aliphatic heterocycles. The zero-order valence-corrected chi connectivity index (χ0v) is 12.8. The molecule has 0 amide bonds. The van der Waals surface area contributed by atoms with Crippen molar-refractivity contribution in [3.8, 4) is 11.5 Å². The van der Waals surface area contributed by atoms with Crippen LogP contribution in [0.15, 0.2) is 23.2 Å². The van der Waals surface area contributed by atoms with Gasteiger partial charge in [0.1, 0.15) is 11.5 Å². The van der Waals surface area contributed by atoms with Crippen molar-refractivity contribution in [2.24, 2.45) is 4.99 Å². The molecule has 1 saturated heterocycles. The second-order valence-corrected chi connectivity index (χ2v) is 5.24. The van der Waals surface area contributed by atoms with Crippen LogP contribution in [0.4, 0.5) is 0 Å². The van der Waals surface area contributed by atoms with E-state index < -0.39 is 0 Å². The van der Waals surface area contributed by atoms with Gasteiger partial charge in [-0.3, -0.25) is 4.99 Å². The zero-order valence-electron chi connectivity index (χ0n) is 12.8. The maximum absolute atomic E-state index is 5.43. The molecule has 1 aromatic rings. The number of likely N-dealkylation sites (N-methyl/N-ethyl adjacent to an activating group) is 1. The first-order valence-corrected chi connectivity index (χ1v) is 7.10. The average molecular weight is 276 g/mol. The van der Waals surface area contributed by atoms with Crippen LogP contribution in [0.5, 0.6) is 11.5 Å². The highest BCUT2D eigenvalue weighted by molar-refractivity contribution is 6.03. The van der Waals surface area contributed by atoms with Crippen LogP contribution in [0.25, 0.3) is 0 Å².